The molecule has 1 aliphatic heterocycles. The highest BCUT2D eigenvalue weighted by atomic mass is 15.2. The Morgan fingerprint density at radius 1 is 0.423 bits per heavy atom. The number of rotatable bonds is 4. The number of fused-ring (bicyclic) bond motifs is 5. The molecule has 0 N–H and O–H groups in total. The number of hydrogen-bond acceptors (Lipinski definition) is 2. The predicted octanol–water partition coefficient (Wildman–Crippen LogP) is 13.9. The van der Waals surface area contributed by atoms with Crippen molar-refractivity contribution in [1.82, 2.24) is 0 Å². The summed E-state index contributed by atoms with van der Waals surface area (Å²) in [5.41, 5.74) is 14.6. The second-order valence-electron chi connectivity index (χ2n) is 14.8. The maximum atomic E-state index is 2.63. The van der Waals surface area contributed by atoms with Crippen LogP contribution in [-0.2, 0) is 0 Å². The van der Waals surface area contributed by atoms with Gasteiger partial charge in [0.15, 0.2) is 0 Å². The summed E-state index contributed by atoms with van der Waals surface area (Å²) in [6, 6.07) is 65.8. The Labute approximate surface area is 303 Å². The van der Waals surface area contributed by atoms with Gasteiger partial charge in [-0.3, -0.25) is 0 Å². The van der Waals surface area contributed by atoms with E-state index in [9.17, 15) is 0 Å². The average molecular weight is 663 g/mol. The lowest BCUT2D eigenvalue weighted by atomic mass is 9.53. The Bertz CT molecular complexity index is 2800. The minimum absolute atomic E-state index is 0.409. The van der Waals surface area contributed by atoms with E-state index in [1.807, 2.05) is 0 Å². The monoisotopic (exact) mass is 662 g/mol. The van der Waals surface area contributed by atoms with Crippen LogP contribution < -0.4 is 9.80 Å². The Hall–Kier alpha value is -6.38. The van der Waals surface area contributed by atoms with Gasteiger partial charge in [0.05, 0.1) is 11.4 Å². The molecule has 12 rings (SSSR count). The maximum absolute atomic E-state index is 2.63. The number of para-hydroxylation sites is 2. The third kappa shape index (κ3) is 3.79. The van der Waals surface area contributed by atoms with Gasteiger partial charge in [-0.05, 0) is 128 Å². The van der Waals surface area contributed by atoms with Crippen molar-refractivity contribution in [3.63, 3.8) is 0 Å². The molecule has 0 amide bonds. The van der Waals surface area contributed by atoms with Gasteiger partial charge < -0.3 is 9.80 Å². The lowest BCUT2D eigenvalue weighted by molar-refractivity contribution is 0.285. The van der Waals surface area contributed by atoms with Crippen molar-refractivity contribution in [3.8, 4) is 11.1 Å². The lowest BCUT2D eigenvalue weighted by Crippen LogP contribution is -2.34. The molecule has 2 heteroatoms. The first-order chi connectivity index (χ1) is 25.8. The fourth-order valence-electron chi connectivity index (χ4n) is 10.2. The van der Waals surface area contributed by atoms with Crippen molar-refractivity contribution in [2.45, 2.75) is 24.2 Å². The van der Waals surface area contributed by atoms with Crippen molar-refractivity contribution in [2.24, 2.45) is 0 Å². The van der Waals surface area contributed by atoms with E-state index in [1.54, 1.807) is 0 Å². The third-order valence-electron chi connectivity index (χ3n) is 12.4. The van der Waals surface area contributed by atoms with Crippen LogP contribution in [-0.4, -0.2) is 0 Å². The number of anilines is 6. The molecule has 0 aromatic heterocycles. The quantitative estimate of drug-likeness (QED) is 0.173. The first-order valence-corrected chi connectivity index (χ1v) is 18.5. The number of hydrogen-bond donors (Lipinski definition) is 0. The smallest absolute Gasteiger partial charge is 0.0540 e. The van der Waals surface area contributed by atoms with Gasteiger partial charge in [0.1, 0.15) is 0 Å². The summed E-state index contributed by atoms with van der Waals surface area (Å²) in [7, 11) is 0. The van der Waals surface area contributed by atoms with Gasteiger partial charge in [0, 0.05) is 34.1 Å². The first-order valence-electron chi connectivity index (χ1n) is 18.5. The fraction of sp³-hybridized carbons (Fsp3) is 0.0800. The first kappa shape index (κ1) is 28.3. The van der Waals surface area contributed by atoms with E-state index in [-0.39, 0.29) is 0 Å². The van der Waals surface area contributed by atoms with Crippen LogP contribution >= 0.6 is 0 Å². The van der Waals surface area contributed by atoms with E-state index in [0.29, 0.717) is 17.8 Å². The van der Waals surface area contributed by atoms with Crippen LogP contribution in [0.5, 0.6) is 0 Å². The number of benzene rings is 9. The van der Waals surface area contributed by atoms with Crippen molar-refractivity contribution < 1.29 is 0 Å². The summed E-state index contributed by atoms with van der Waals surface area (Å²) in [4.78, 5) is 5.04. The van der Waals surface area contributed by atoms with E-state index >= 15 is 0 Å². The van der Waals surface area contributed by atoms with Crippen molar-refractivity contribution >= 4 is 66.4 Å². The number of nitrogens with zero attached hydrogens (tertiary/aromatic N) is 2. The molecule has 2 aliphatic carbocycles. The maximum Gasteiger partial charge on any atom is 0.0540 e. The topological polar surface area (TPSA) is 6.48 Å². The Morgan fingerprint density at radius 2 is 1.04 bits per heavy atom. The van der Waals surface area contributed by atoms with Crippen molar-refractivity contribution in [3.05, 3.63) is 193 Å². The molecule has 0 saturated heterocycles. The van der Waals surface area contributed by atoms with Crippen LogP contribution in [0.2, 0.25) is 0 Å². The zero-order valence-corrected chi connectivity index (χ0v) is 28.6. The molecule has 3 aliphatic rings. The highest BCUT2D eigenvalue weighted by Crippen LogP contribution is 2.69. The third-order valence-corrected chi connectivity index (χ3v) is 12.4. The van der Waals surface area contributed by atoms with E-state index in [0.717, 1.165) is 17.8 Å². The molecular formula is C50H34N2. The standard InChI is InChI=1S/C50H34N2/c1-3-13-34(14-4-1)51(35-15-5-2-6-16-35)36-25-28-45-41(29-36)43-30-42-38-18-8-7-17-37(38)39-19-10-20-46(50(39)49(42)43)52(45)44-27-24-33-22-21-31-11-9-12-32-23-26-40(44)48(33)47(31)32/h1-29,42-43,49H,30H2. The molecule has 9 aromatic rings. The molecule has 3 unspecified atom stereocenters. The largest absolute Gasteiger partial charge is 0.310 e. The van der Waals surface area contributed by atoms with Crippen LogP contribution in [0.25, 0.3) is 43.4 Å². The van der Waals surface area contributed by atoms with Gasteiger partial charge in [-0.2, -0.15) is 0 Å². The van der Waals surface area contributed by atoms with Gasteiger partial charge >= 0.3 is 0 Å². The highest BCUT2D eigenvalue weighted by Gasteiger charge is 2.51. The lowest BCUT2D eigenvalue weighted by Gasteiger charge is -2.49. The average Bonchev–Trinajstić information content (AvgIpc) is 3.28. The molecule has 2 nitrogen and oxygen atoms in total. The van der Waals surface area contributed by atoms with Gasteiger partial charge in [-0.25, -0.2) is 0 Å². The van der Waals surface area contributed by atoms with Gasteiger partial charge in [-0.15, -0.1) is 0 Å². The molecule has 1 fully saturated rings. The summed E-state index contributed by atoms with van der Waals surface area (Å²) < 4.78 is 0. The van der Waals surface area contributed by atoms with Crippen LogP contribution in [0.3, 0.4) is 0 Å². The summed E-state index contributed by atoms with van der Waals surface area (Å²) in [6.07, 6.45) is 1.15. The minimum Gasteiger partial charge on any atom is -0.310 e. The molecule has 1 heterocycles. The molecule has 244 valence electrons. The highest BCUT2D eigenvalue weighted by molar-refractivity contribution is 6.26. The Balaban J connectivity index is 1.16. The Kier molecular flexibility index (Phi) is 5.76. The summed E-state index contributed by atoms with van der Waals surface area (Å²) in [6.45, 7) is 0. The normalized spacial score (nSPS) is 18.1. The Morgan fingerprint density at radius 3 is 1.83 bits per heavy atom. The van der Waals surface area contributed by atoms with Crippen LogP contribution in [0.15, 0.2) is 176 Å². The summed E-state index contributed by atoms with van der Waals surface area (Å²) in [5.74, 6) is 1.33. The van der Waals surface area contributed by atoms with Crippen LogP contribution in [0.4, 0.5) is 34.1 Å². The van der Waals surface area contributed by atoms with E-state index in [2.05, 4.69) is 186 Å². The van der Waals surface area contributed by atoms with Crippen molar-refractivity contribution in [2.75, 3.05) is 9.80 Å². The van der Waals surface area contributed by atoms with Gasteiger partial charge in [0.2, 0.25) is 0 Å². The SMILES string of the molecule is c1ccc(N(c2ccccc2)c2ccc3c(c2)C2CC4c5ccccc5-c5cccc(c5C42)N3c2ccc3ccc4cccc5ccc2c3c45)cc1. The zero-order valence-electron chi connectivity index (χ0n) is 28.6. The molecule has 1 saturated carbocycles. The molecule has 0 radical (unpaired) electrons. The molecular weight excluding hydrogens is 629 g/mol. The van der Waals surface area contributed by atoms with Gasteiger partial charge in [-0.1, -0.05) is 121 Å². The predicted molar refractivity (Wildman–Crippen MR) is 218 cm³/mol. The molecule has 0 spiro atoms. The molecule has 9 aromatic carbocycles. The molecule has 3 atom stereocenters. The fourth-order valence-corrected chi connectivity index (χ4v) is 10.2. The van der Waals surface area contributed by atoms with E-state index < -0.39 is 0 Å². The minimum atomic E-state index is 0.409. The second-order valence-corrected chi connectivity index (χ2v) is 14.8. The second kappa shape index (κ2) is 10.6. The molecule has 52 heavy (non-hydrogen) atoms. The van der Waals surface area contributed by atoms with E-state index in [1.165, 1.54) is 82.9 Å². The molecule has 0 bridgehead atoms. The van der Waals surface area contributed by atoms with Crippen LogP contribution in [0.1, 0.15) is 40.9 Å². The van der Waals surface area contributed by atoms with Gasteiger partial charge in [0.25, 0.3) is 0 Å². The van der Waals surface area contributed by atoms with E-state index in [4.69, 9.17) is 0 Å². The summed E-state index contributed by atoms with van der Waals surface area (Å²) >= 11 is 0. The summed E-state index contributed by atoms with van der Waals surface area (Å²) in [5, 5.41) is 7.89. The van der Waals surface area contributed by atoms with Crippen molar-refractivity contribution in [1.29, 1.82) is 0 Å². The zero-order chi connectivity index (χ0) is 33.9. The van der Waals surface area contributed by atoms with Crippen LogP contribution in [0, 0.1) is 0 Å².